The molecule has 1 unspecified atom stereocenters. The molecule has 2 amide bonds. The van der Waals surface area contributed by atoms with Crippen molar-refractivity contribution >= 4 is 56.8 Å². The third-order valence-corrected chi connectivity index (χ3v) is 7.64. The van der Waals surface area contributed by atoms with Gasteiger partial charge in [-0.1, -0.05) is 52.3 Å². The first-order valence-electron chi connectivity index (χ1n) is 9.33. The number of amides is 2. The number of hydrogen-bond acceptors (Lipinski definition) is 6. The number of fused-ring (bicyclic) bond motifs is 1. The third kappa shape index (κ3) is 4.33. The fraction of sp³-hybridized carbons (Fsp3) is 0.286. The van der Waals surface area contributed by atoms with Crippen LogP contribution in [-0.2, 0) is 32.1 Å². The highest BCUT2D eigenvalue weighted by atomic mass is 79.9. The number of carbonyl (C=O) groups excluding carboxylic acids is 3. The smallest absolute Gasteiger partial charge is 0.333 e. The minimum atomic E-state index is -0.780. The number of rotatable bonds is 7. The summed E-state index contributed by atoms with van der Waals surface area (Å²) in [4.78, 5) is 40.5. The number of carbonyl (C=O) groups is 3. The van der Waals surface area contributed by atoms with E-state index in [9.17, 15) is 14.4 Å². The van der Waals surface area contributed by atoms with Crippen LogP contribution in [0.4, 0.5) is 0 Å². The Morgan fingerprint density at radius 1 is 1.17 bits per heavy atom. The first-order valence-corrected chi connectivity index (χ1v) is 12.3. The van der Waals surface area contributed by atoms with Gasteiger partial charge in [-0.3, -0.25) is 9.59 Å². The Morgan fingerprint density at radius 2 is 1.97 bits per heavy atom. The molecular formula is C21H19BrN2O4S2. The molecule has 0 bridgehead atoms. The molecule has 2 aromatic rings. The summed E-state index contributed by atoms with van der Waals surface area (Å²) in [5.41, 5.74) is 1.65. The van der Waals surface area contributed by atoms with E-state index in [1.807, 2.05) is 53.3 Å². The number of halogens is 1. The van der Waals surface area contributed by atoms with Crippen LogP contribution in [0.15, 0.2) is 58.8 Å². The molecule has 1 fully saturated rings. The van der Waals surface area contributed by atoms with Crippen molar-refractivity contribution < 1.29 is 19.1 Å². The van der Waals surface area contributed by atoms with Gasteiger partial charge in [0.1, 0.15) is 18.0 Å². The van der Waals surface area contributed by atoms with Crippen LogP contribution in [0.3, 0.4) is 0 Å². The molecule has 1 aromatic carbocycles. The molecule has 0 radical (unpaired) electrons. The molecule has 156 valence electrons. The number of ether oxygens (including phenoxy) is 1. The second-order valence-electron chi connectivity index (χ2n) is 6.90. The highest BCUT2D eigenvalue weighted by Crippen LogP contribution is 2.40. The number of β-lactam (4-membered cyclic amide) rings is 1. The van der Waals surface area contributed by atoms with Crippen LogP contribution < -0.4 is 5.32 Å². The van der Waals surface area contributed by atoms with Crippen molar-refractivity contribution in [1.29, 1.82) is 0 Å². The van der Waals surface area contributed by atoms with Crippen molar-refractivity contribution in [3.63, 3.8) is 0 Å². The number of thioether (sulfide) groups is 1. The Hall–Kier alpha value is -2.10. The molecule has 4 rings (SSSR count). The van der Waals surface area contributed by atoms with Crippen molar-refractivity contribution in [2.24, 2.45) is 0 Å². The van der Waals surface area contributed by atoms with E-state index in [1.165, 1.54) is 28.0 Å². The fourth-order valence-corrected chi connectivity index (χ4v) is 6.02. The fourth-order valence-electron chi connectivity index (χ4n) is 3.41. The zero-order chi connectivity index (χ0) is 21.1. The number of benzene rings is 1. The predicted octanol–water partition coefficient (Wildman–Crippen LogP) is 3.08. The van der Waals surface area contributed by atoms with Gasteiger partial charge in [0.2, 0.25) is 11.8 Å². The molecule has 2 aliphatic rings. The largest absolute Gasteiger partial charge is 0.459 e. The van der Waals surface area contributed by atoms with Gasteiger partial charge in [-0.15, -0.1) is 23.1 Å². The van der Waals surface area contributed by atoms with Crippen LogP contribution in [0.25, 0.3) is 0 Å². The first-order chi connectivity index (χ1) is 14.6. The van der Waals surface area contributed by atoms with E-state index in [0.29, 0.717) is 5.33 Å². The lowest BCUT2D eigenvalue weighted by molar-refractivity contribution is -0.163. The second kappa shape index (κ2) is 9.36. The molecular weight excluding hydrogens is 488 g/mol. The minimum absolute atomic E-state index is 0.145. The van der Waals surface area contributed by atoms with Crippen molar-refractivity contribution in [2.45, 2.75) is 30.5 Å². The summed E-state index contributed by atoms with van der Waals surface area (Å²) in [7, 11) is 0. The summed E-state index contributed by atoms with van der Waals surface area (Å²) in [5.74, 6) is -0.929. The lowest BCUT2D eigenvalue weighted by Crippen LogP contribution is -2.74. The second-order valence-corrected chi connectivity index (χ2v) is 9.48. The summed E-state index contributed by atoms with van der Waals surface area (Å²) >= 11 is 6.34. The Bertz CT molecular complexity index is 965. The predicted molar refractivity (Wildman–Crippen MR) is 120 cm³/mol. The monoisotopic (exact) mass is 506 g/mol. The van der Waals surface area contributed by atoms with Gasteiger partial charge in [0.05, 0.1) is 6.42 Å². The molecule has 0 spiro atoms. The molecule has 6 nitrogen and oxygen atoms in total. The molecule has 9 heteroatoms. The minimum Gasteiger partial charge on any atom is -0.459 e. The van der Waals surface area contributed by atoms with E-state index in [1.54, 1.807) is 0 Å². The van der Waals surface area contributed by atoms with E-state index >= 15 is 0 Å². The lowest BCUT2D eigenvalue weighted by Gasteiger charge is -2.51. The maximum atomic E-state index is 12.8. The molecule has 1 aromatic heterocycles. The highest BCUT2D eigenvalue weighted by Gasteiger charge is 2.56. The topological polar surface area (TPSA) is 75.7 Å². The quantitative estimate of drug-likeness (QED) is 0.354. The van der Waals surface area contributed by atoms with Gasteiger partial charge in [-0.25, -0.2) is 4.79 Å². The van der Waals surface area contributed by atoms with Crippen LogP contribution >= 0.6 is 39.0 Å². The van der Waals surface area contributed by atoms with Crippen LogP contribution in [0.5, 0.6) is 0 Å². The SMILES string of the molecule is O=C(Cc1cccs1)N[C@@H]1C(=O)N2C(C(=O)OCc3ccccc3)C(CBr)=CS[C@H]12. The summed E-state index contributed by atoms with van der Waals surface area (Å²) in [6, 6.07) is 11.8. The zero-order valence-electron chi connectivity index (χ0n) is 15.8. The molecule has 1 saturated heterocycles. The van der Waals surface area contributed by atoms with Gasteiger partial charge in [0.25, 0.3) is 0 Å². The van der Waals surface area contributed by atoms with Crippen LogP contribution in [-0.4, -0.2) is 45.5 Å². The van der Waals surface area contributed by atoms with Gasteiger partial charge in [-0.2, -0.15) is 0 Å². The maximum Gasteiger partial charge on any atom is 0.333 e. The number of esters is 1. The zero-order valence-corrected chi connectivity index (χ0v) is 19.0. The molecule has 1 N–H and O–H groups in total. The molecule has 2 aliphatic heterocycles. The Kier molecular flexibility index (Phi) is 6.60. The van der Waals surface area contributed by atoms with E-state index < -0.39 is 18.1 Å². The summed E-state index contributed by atoms with van der Waals surface area (Å²) in [6.07, 6.45) is 0.240. The van der Waals surface area contributed by atoms with Crippen LogP contribution in [0.2, 0.25) is 0 Å². The molecule has 30 heavy (non-hydrogen) atoms. The van der Waals surface area contributed by atoms with Gasteiger partial charge >= 0.3 is 5.97 Å². The van der Waals surface area contributed by atoms with Crippen molar-refractivity contribution in [1.82, 2.24) is 10.2 Å². The van der Waals surface area contributed by atoms with Crippen molar-refractivity contribution in [3.05, 3.63) is 69.3 Å². The Morgan fingerprint density at radius 3 is 2.67 bits per heavy atom. The van der Waals surface area contributed by atoms with Crippen LogP contribution in [0.1, 0.15) is 10.4 Å². The molecule has 0 aliphatic carbocycles. The molecule has 3 atom stereocenters. The normalized spacial score (nSPS) is 22.6. The van der Waals surface area contributed by atoms with E-state index in [4.69, 9.17) is 4.74 Å². The average molecular weight is 507 g/mol. The summed E-state index contributed by atoms with van der Waals surface area (Å²) in [5, 5.41) is 6.75. The van der Waals surface area contributed by atoms with Gasteiger partial charge in [-0.05, 0) is 28.0 Å². The van der Waals surface area contributed by atoms with Crippen molar-refractivity contribution in [3.8, 4) is 0 Å². The Balaban J connectivity index is 1.42. The number of hydrogen-bond donors (Lipinski definition) is 1. The molecule has 0 saturated carbocycles. The van der Waals surface area contributed by atoms with Gasteiger partial charge < -0.3 is 15.0 Å². The van der Waals surface area contributed by atoms with E-state index in [-0.39, 0.29) is 30.2 Å². The summed E-state index contributed by atoms with van der Waals surface area (Å²) in [6.45, 7) is 0.145. The number of nitrogens with zero attached hydrogens (tertiary/aromatic N) is 1. The highest BCUT2D eigenvalue weighted by molar-refractivity contribution is 9.09. The Labute approximate surface area is 190 Å². The van der Waals surface area contributed by atoms with Crippen molar-refractivity contribution in [2.75, 3.05) is 5.33 Å². The summed E-state index contributed by atoms with van der Waals surface area (Å²) < 4.78 is 5.50. The molecule has 3 heterocycles. The number of nitrogens with one attached hydrogen (secondary N) is 1. The van der Waals surface area contributed by atoms with E-state index in [2.05, 4.69) is 21.2 Å². The number of thiophene rings is 1. The number of alkyl halides is 1. The van der Waals surface area contributed by atoms with Gasteiger partial charge in [0.15, 0.2) is 6.04 Å². The first kappa shape index (κ1) is 21.1. The lowest BCUT2D eigenvalue weighted by atomic mass is 9.98. The standard InChI is InChI=1S/C21H19BrN2O4S2/c22-10-14-12-30-20-17(23-16(25)9-15-7-4-8-29-15)19(26)24(20)18(14)21(27)28-11-13-5-2-1-3-6-13/h1-8,12,17-18,20H,9-11H2,(H,23,25)/t17-,18?,20-/m1/s1. The average Bonchev–Trinajstić information content (AvgIpc) is 3.28. The third-order valence-electron chi connectivity index (χ3n) is 4.90. The van der Waals surface area contributed by atoms with Gasteiger partial charge in [0, 0.05) is 10.2 Å². The van der Waals surface area contributed by atoms with E-state index in [0.717, 1.165) is 16.0 Å². The van der Waals surface area contributed by atoms with Crippen LogP contribution in [0, 0.1) is 0 Å². The maximum absolute atomic E-state index is 12.8.